The number of ether oxygens (including phenoxy) is 1. The molecule has 0 saturated carbocycles. The van der Waals surface area contributed by atoms with Crippen molar-refractivity contribution in [3.63, 3.8) is 0 Å². The van der Waals surface area contributed by atoms with Gasteiger partial charge in [-0.15, -0.1) is 0 Å². The molecule has 11 nitrogen and oxygen atoms in total. The molecule has 0 amide bonds. The highest BCUT2D eigenvalue weighted by Gasteiger charge is 2.38. The van der Waals surface area contributed by atoms with E-state index in [0.717, 1.165) is 30.9 Å². The Balaban J connectivity index is 0.000000493. The first-order chi connectivity index (χ1) is 19.3. The number of hydrogen-bond donors (Lipinski definition) is 3. The SMILES string of the molecule is O=C(O)C(F)(F)F.O=S(=O)(Nc1ncns1)c1cc(F)c(Oc2ccc(Cl)cc2-c2ccnn2C2CNC2)cc1F. The van der Waals surface area contributed by atoms with Gasteiger partial charge in [0.1, 0.15) is 22.8 Å². The van der Waals surface area contributed by atoms with Crippen LogP contribution in [-0.4, -0.2) is 57.9 Å². The molecule has 0 radical (unpaired) electrons. The summed E-state index contributed by atoms with van der Waals surface area (Å²) < 4.78 is 99.6. The molecule has 0 atom stereocenters. The van der Waals surface area contributed by atoms with Gasteiger partial charge in [0.2, 0.25) is 5.13 Å². The zero-order valence-corrected chi connectivity index (χ0v) is 22.5. The molecule has 0 unspecified atom stereocenters. The van der Waals surface area contributed by atoms with E-state index in [1.54, 1.807) is 29.1 Å². The Morgan fingerprint density at radius 2 is 1.85 bits per heavy atom. The van der Waals surface area contributed by atoms with Crippen LogP contribution in [0.5, 0.6) is 11.5 Å². The van der Waals surface area contributed by atoms with Crippen molar-refractivity contribution in [2.24, 2.45) is 0 Å². The van der Waals surface area contributed by atoms with Crippen LogP contribution in [0.3, 0.4) is 0 Å². The second kappa shape index (κ2) is 11.9. The lowest BCUT2D eigenvalue weighted by Crippen LogP contribution is -2.44. The van der Waals surface area contributed by atoms with E-state index in [1.165, 1.54) is 6.07 Å². The fourth-order valence-electron chi connectivity index (χ4n) is 3.36. The van der Waals surface area contributed by atoms with Crippen molar-refractivity contribution in [1.82, 2.24) is 24.5 Å². The molecule has 41 heavy (non-hydrogen) atoms. The van der Waals surface area contributed by atoms with E-state index in [1.807, 2.05) is 0 Å². The van der Waals surface area contributed by atoms with Gasteiger partial charge in [0, 0.05) is 53.5 Å². The third-order valence-electron chi connectivity index (χ3n) is 5.31. The molecule has 0 spiro atoms. The van der Waals surface area contributed by atoms with Gasteiger partial charge >= 0.3 is 12.1 Å². The molecular formula is C22H16ClF5N6O5S2. The zero-order valence-electron chi connectivity index (χ0n) is 20.1. The van der Waals surface area contributed by atoms with Gasteiger partial charge in [-0.2, -0.15) is 22.6 Å². The Kier molecular flexibility index (Phi) is 8.76. The first-order valence-electron chi connectivity index (χ1n) is 11.1. The van der Waals surface area contributed by atoms with Crippen LogP contribution in [0.15, 0.2) is 53.8 Å². The second-order valence-corrected chi connectivity index (χ2v) is 11.0. The number of carbonyl (C=O) groups is 1. The largest absolute Gasteiger partial charge is 0.490 e. The maximum Gasteiger partial charge on any atom is 0.490 e. The Morgan fingerprint density at radius 3 is 2.44 bits per heavy atom. The van der Waals surface area contributed by atoms with Crippen molar-refractivity contribution >= 4 is 44.3 Å². The maximum absolute atomic E-state index is 14.9. The van der Waals surface area contributed by atoms with E-state index < -0.39 is 44.4 Å². The average Bonchev–Trinajstić information content (AvgIpc) is 3.53. The van der Waals surface area contributed by atoms with Crippen LogP contribution in [0.4, 0.5) is 27.1 Å². The van der Waals surface area contributed by atoms with Crippen molar-refractivity contribution in [3.8, 4) is 22.8 Å². The number of nitrogens with one attached hydrogen (secondary N) is 2. The number of nitrogens with zero attached hydrogens (tertiary/aromatic N) is 4. The Hall–Kier alpha value is -3.87. The molecule has 4 aromatic rings. The lowest BCUT2D eigenvalue weighted by atomic mass is 10.1. The molecule has 1 fully saturated rings. The second-order valence-electron chi connectivity index (χ2n) is 8.08. The van der Waals surface area contributed by atoms with Crippen LogP contribution in [0.1, 0.15) is 6.04 Å². The minimum absolute atomic E-state index is 0.0794. The third-order valence-corrected chi connectivity index (χ3v) is 7.61. The summed E-state index contributed by atoms with van der Waals surface area (Å²) in [4.78, 5) is 11.7. The number of halogens is 6. The topological polar surface area (TPSA) is 148 Å². The number of hydrogen-bond acceptors (Lipinski definition) is 9. The molecular weight excluding hydrogens is 623 g/mol. The molecule has 218 valence electrons. The normalized spacial score (nSPS) is 13.6. The van der Waals surface area contributed by atoms with E-state index in [4.69, 9.17) is 26.2 Å². The molecule has 19 heteroatoms. The summed E-state index contributed by atoms with van der Waals surface area (Å²) in [6.07, 6.45) is -2.32. The summed E-state index contributed by atoms with van der Waals surface area (Å²) in [7, 11) is -4.43. The van der Waals surface area contributed by atoms with E-state index in [2.05, 4.69) is 24.5 Å². The predicted octanol–water partition coefficient (Wildman–Crippen LogP) is 4.70. The summed E-state index contributed by atoms with van der Waals surface area (Å²) in [6.45, 7) is 1.48. The predicted molar refractivity (Wildman–Crippen MR) is 135 cm³/mol. The van der Waals surface area contributed by atoms with E-state index in [9.17, 15) is 30.4 Å². The molecule has 1 aliphatic heterocycles. The Bertz CT molecular complexity index is 1660. The quantitative estimate of drug-likeness (QED) is 0.245. The summed E-state index contributed by atoms with van der Waals surface area (Å²) in [5.41, 5.74) is 1.21. The molecule has 0 bridgehead atoms. The summed E-state index contributed by atoms with van der Waals surface area (Å²) in [5, 5.41) is 15.0. The van der Waals surface area contributed by atoms with Crippen LogP contribution in [0, 0.1) is 11.6 Å². The number of carboxylic acids is 1. The van der Waals surface area contributed by atoms with Crippen LogP contribution in [-0.2, 0) is 14.8 Å². The number of rotatable bonds is 7. The first-order valence-corrected chi connectivity index (χ1v) is 13.7. The molecule has 1 saturated heterocycles. The van der Waals surface area contributed by atoms with E-state index >= 15 is 0 Å². The van der Waals surface area contributed by atoms with Gasteiger partial charge in [-0.1, -0.05) is 11.6 Å². The van der Waals surface area contributed by atoms with Crippen LogP contribution in [0.2, 0.25) is 5.02 Å². The van der Waals surface area contributed by atoms with Gasteiger partial charge in [0.25, 0.3) is 10.0 Å². The van der Waals surface area contributed by atoms with Crippen molar-refractivity contribution < 1.29 is 45.0 Å². The lowest BCUT2D eigenvalue weighted by Gasteiger charge is -2.29. The average molecular weight is 639 g/mol. The standard InChI is InChI=1S/C20H15ClF2N6O3S2.C2HF3O2/c21-11-1-2-17(13(5-11)16-3-4-26-29(16)12-8-24-9-12)32-18-6-15(23)19(7-14(18)22)34(30,31)28-20-25-10-27-33-20;3-2(4,5)1(6)7/h1-7,10,12,24H,8-9H2,(H,25,27,28);(H,6,7). The van der Waals surface area contributed by atoms with Crippen molar-refractivity contribution in [2.45, 2.75) is 17.1 Å². The molecule has 3 heterocycles. The number of benzene rings is 2. The van der Waals surface area contributed by atoms with Gasteiger partial charge in [0.15, 0.2) is 11.6 Å². The summed E-state index contributed by atoms with van der Waals surface area (Å²) in [5.74, 6) is -5.33. The molecule has 1 aliphatic rings. The minimum atomic E-state index is -5.08. The smallest absolute Gasteiger partial charge is 0.475 e. The molecule has 5 rings (SSSR count). The van der Waals surface area contributed by atoms with Gasteiger partial charge < -0.3 is 15.2 Å². The highest BCUT2D eigenvalue weighted by Crippen LogP contribution is 2.38. The molecule has 2 aromatic heterocycles. The number of aromatic nitrogens is 4. The fourth-order valence-corrected chi connectivity index (χ4v) is 5.26. The van der Waals surface area contributed by atoms with Crippen LogP contribution in [0.25, 0.3) is 11.3 Å². The van der Waals surface area contributed by atoms with Crippen molar-refractivity contribution in [3.05, 3.63) is 65.6 Å². The van der Waals surface area contributed by atoms with Crippen molar-refractivity contribution in [2.75, 3.05) is 17.8 Å². The third kappa shape index (κ3) is 7.07. The Labute approximate surface area is 236 Å². The molecule has 2 aromatic carbocycles. The number of sulfonamides is 1. The molecule has 0 aliphatic carbocycles. The highest BCUT2D eigenvalue weighted by atomic mass is 35.5. The number of anilines is 1. The van der Waals surface area contributed by atoms with Gasteiger partial charge in [-0.3, -0.25) is 9.40 Å². The summed E-state index contributed by atoms with van der Waals surface area (Å²) >= 11 is 6.94. The highest BCUT2D eigenvalue weighted by molar-refractivity contribution is 7.93. The minimum Gasteiger partial charge on any atom is -0.475 e. The number of aliphatic carboxylic acids is 1. The first kappa shape index (κ1) is 30.1. The number of carboxylic acid groups (broad SMARTS) is 1. The maximum atomic E-state index is 14.9. The fraction of sp³-hybridized carbons (Fsp3) is 0.182. The van der Waals surface area contributed by atoms with Gasteiger partial charge in [-0.25, -0.2) is 27.0 Å². The van der Waals surface area contributed by atoms with E-state index in [0.29, 0.717) is 28.4 Å². The van der Waals surface area contributed by atoms with Crippen molar-refractivity contribution in [1.29, 1.82) is 0 Å². The van der Waals surface area contributed by atoms with Gasteiger partial charge in [-0.05, 0) is 24.3 Å². The van der Waals surface area contributed by atoms with E-state index in [-0.39, 0.29) is 16.9 Å². The summed E-state index contributed by atoms with van der Waals surface area (Å²) in [6, 6.07) is 7.83. The Morgan fingerprint density at radius 1 is 1.15 bits per heavy atom. The zero-order chi connectivity index (χ0) is 29.9. The monoisotopic (exact) mass is 638 g/mol. The van der Waals surface area contributed by atoms with Gasteiger partial charge in [0.05, 0.1) is 11.7 Å². The molecule has 3 N–H and O–H groups in total. The lowest BCUT2D eigenvalue weighted by molar-refractivity contribution is -0.192. The van der Waals surface area contributed by atoms with Crippen LogP contribution < -0.4 is 14.8 Å². The van der Waals surface area contributed by atoms with Crippen LogP contribution >= 0.6 is 23.1 Å². The number of alkyl halides is 3.